The number of esters is 1. The Morgan fingerprint density at radius 1 is 1.02 bits per heavy atom. The van der Waals surface area contributed by atoms with Crippen molar-refractivity contribution in [1.82, 2.24) is 33.9 Å². The van der Waals surface area contributed by atoms with Gasteiger partial charge in [0.1, 0.15) is 23.7 Å². The monoisotopic (exact) mass is 671 g/mol. The summed E-state index contributed by atoms with van der Waals surface area (Å²) in [6.07, 6.45) is 4.63. The van der Waals surface area contributed by atoms with Crippen molar-refractivity contribution in [2.24, 2.45) is 13.0 Å². The van der Waals surface area contributed by atoms with Crippen molar-refractivity contribution in [3.8, 4) is 17.1 Å². The molecule has 14 heteroatoms. The van der Waals surface area contributed by atoms with Crippen molar-refractivity contribution in [1.29, 1.82) is 0 Å². The molecule has 1 aromatic carbocycles. The molecule has 13 nitrogen and oxygen atoms in total. The molecule has 1 N–H and O–H groups in total. The number of ether oxygens (including phenoxy) is 2. The molecule has 5 rings (SSSR count). The molecule has 4 heterocycles. The number of nitrogens with one attached hydrogen (secondary N) is 1. The maximum atomic E-state index is 13.9. The van der Waals surface area contributed by atoms with Gasteiger partial charge >= 0.3 is 5.97 Å². The second-order valence-corrected chi connectivity index (χ2v) is 14.6. The van der Waals surface area contributed by atoms with Gasteiger partial charge in [-0.05, 0) is 63.3 Å². The van der Waals surface area contributed by atoms with E-state index in [4.69, 9.17) is 14.5 Å². The highest BCUT2D eigenvalue weighted by molar-refractivity contribution is 7.89. The van der Waals surface area contributed by atoms with E-state index in [9.17, 15) is 18.0 Å². The molecular weight excluding hydrogens is 622 g/mol. The molecule has 0 saturated carbocycles. The summed E-state index contributed by atoms with van der Waals surface area (Å²) in [6.45, 7) is 10.4. The van der Waals surface area contributed by atoms with Crippen LogP contribution in [0, 0.1) is 5.92 Å². The number of fused-ring (bicyclic) bond motifs is 1. The minimum absolute atomic E-state index is 0.112. The van der Waals surface area contributed by atoms with Crippen LogP contribution in [0.1, 0.15) is 58.1 Å². The van der Waals surface area contributed by atoms with Crippen LogP contribution >= 0.6 is 0 Å². The highest BCUT2D eigenvalue weighted by atomic mass is 32.2. The van der Waals surface area contributed by atoms with Gasteiger partial charge in [0.2, 0.25) is 10.0 Å². The van der Waals surface area contributed by atoms with E-state index in [2.05, 4.69) is 26.9 Å². The fraction of sp³-hybridized carbons (Fsp3) is 0.636. The predicted molar refractivity (Wildman–Crippen MR) is 180 cm³/mol. The van der Waals surface area contributed by atoms with Crippen LogP contribution in [0.25, 0.3) is 22.4 Å². The number of carbonyl (C=O) groups excluding carboxylic acids is 1. The summed E-state index contributed by atoms with van der Waals surface area (Å²) in [6, 6.07) is 4.74. The van der Waals surface area contributed by atoms with Gasteiger partial charge in [-0.1, -0.05) is 20.3 Å². The van der Waals surface area contributed by atoms with E-state index in [0.717, 1.165) is 51.3 Å². The Hall–Kier alpha value is -3.33. The minimum atomic E-state index is -3.83. The molecule has 2 saturated heterocycles. The fourth-order valence-corrected chi connectivity index (χ4v) is 7.81. The molecule has 0 radical (unpaired) electrons. The maximum absolute atomic E-state index is 13.9. The molecule has 2 aliphatic rings. The summed E-state index contributed by atoms with van der Waals surface area (Å²) >= 11 is 0. The number of nitrogens with zero attached hydrogens (tertiary/aromatic N) is 6. The third-order valence-corrected chi connectivity index (χ3v) is 11.0. The lowest BCUT2D eigenvalue weighted by molar-refractivity contribution is -0.144. The lowest BCUT2D eigenvalue weighted by Crippen LogP contribution is -2.45. The van der Waals surface area contributed by atoms with Crippen LogP contribution in [0.15, 0.2) is 27.9 Å². The number of carbonyl (C=O) groups is 1. The highest BCUT2D eigenvalue weighted by Crippen LogP contribution is 2.34. The number of benzene rings is 1. The van der Waals surface area contributed by atoms with E-state index in [-0.39, 0.29) is 28.2 Å². The number of likely N-dealkylation sites (N-methyl/N-ethyl adjacent to an activating group) is 1. The van der Waals surface area contributed by atoms with Gasteiger partial charge < -0.3 is 19.4 Å². The smallest absolute Gasteiger partial charge is 0.305 e. The predicted octanol–water partition coefficient (Wildman–Crippen LogP) is 3.04. The number of aryl methyl sites for hydroxylation is 2. The number of rotatable bonds is 14. The van der Waals surface area contributed by atoms with E-state index < -0.39 is 10.0 Å². The molecule has 3 aromatic rings. The summed E-state index contributed by atoms with van der Waals surface area (Å²) < 4.78 is 42.2. The first-order valence-electron chi connectivity index (χ1n) is 16.9. The molecule has 258 valence electrons. The average Bonchev–Trinajstić information content (AvgIpc) is 3.38. The second-order valence-electron chi connectivity index (χ2n) is 12.7. The number of aromatic nitrogens is 4. The molecule has 47 heavy (non-hydrogen) atoms. The Morgan fingerprint density at radius 2 is 1.77 bits per heavy atom. The number of H-pyrrole nitrogens is 1. The second kappa shape index (κ2) is 15.7. The number of piperidine rings is 1. The van der Waals surface area contributed by atoms with Crippen LogP contribution in [0.3, 0.4) is 0 Å². The number of aromatic amines is 1. The zero-order valence-corrected chi connectivity index (χ0v) is 29.0. The summed E-state index contributed by atoms with van der Waals surface area (Å²) in [7, 11) is -0.00434. The summed E-state index contributed by atoms with van der Waals surface area (Å²) in [5, 5.41) is 4.50. The van der Waals surface area contributed by atoms with Crippen molar-refractivity contribution in [3.63, 3.8) is 0 Å². The number of piperazine rings is 1. The molecule has 0 unspecified atom stereocenters. The maximum Gasteiger partial charge on any atom is 0.305 e. The van der Waals surface area contributed by atoms with Crippen LogP contribution in [0.5, 0.6) is 5.75 Å². The Bertz CT molecular complexity index is 1690. The van der Waals surface area contributed by atoms with Crippen molar-refractivity contribution >= 4 is 27.0 Å². The van der Waals surface area contributed by atoms with Crippen molar-refractivity contribution < 1.29 is 22.7 Å². The lowest BCUT2D eigenvalue weighted by Gasteiger charge is -2.32. The van der Waals surface area contributed by atoms with Crippen LogP contribution in [-0.4, -0.2) is 114 Å². The van der Waals surface area contributed by atoms with Gasteiger partial charge in [-0.15, -0.1) is 0 Å². The van der Waals surface area contributed by atoms with E-state index >= 15 is 0 Å². The number of sulfonamides is 1. The summed E-state index contributed by atoms with van der Waals surface area (Å²) in [5.74, 6) is 0.753. The van der Waals surface area contributed by atoms with Crippen LogP contribution in [-0.2, 0) is 33.0 Å². The van der Waals surface area contributed by atoms with E-state index in [1.54, 1.807) is 25.2 Å². The zero-order chi connectivity index (χ0) is 33.6. The Labute approximate surface area is 277 Å². The minimum Gasteiger partial charge on any atom is -0.493 e. The van der Waals surface area contributed by atoms with Gasteiger partial charge in [0.25, 0.3) is 5.56 Å². The van der Waals surface area contributed by atoms with Crippen molar-refractivity contribution in [2.45, 2.75) is 63.7 Å². The van der Waals surface area contributed by atoms with Gasteiger partial charge in [-0.3, -0.25) is 19.2 Å². The molecule has 2 aromatic heterocycles. The van der Waals surface area contributed by atoms with E-state index in [0.29, 0.717) is 80.8 Å². The first-order valence-corrected chi connectivity index (χ1v) is 18.3. The molecule has 0 spiro atoms. The molecule has 0 bridgehead atoms. The number of hydrogen-bond donors (Lipinski definition) is 1. The largest absolute Gasteiger partial charge is 0.493 e. The molecule has 2 aliphatic heterocycles. The van der Waals surface area contributed by atoms with Gasteiger partial charge in [-0.2, -0.15) is 9.40 Å². The van der Waals surface area contributed by atoms with Crippen molar-refractivity contribution in [3.05, 3.63) is 34.2 Å². The Morgan fingerprint density at radius 3 is 2.47 bits per heavy atom. The zero-order valence-electron chi connectivity index (χ0n) is 28.2. The van der Waals surface area contributed by atoms with Gasteiger partial charge in [-0.25, -0.2) is 13.4 Å². The van der Waals surface area contributed by atoms with E-state index in [1.165, 1.54) is 8.99 Å². The van der Waals surface area contributed by atoms with Gasteiger partial charge in [0.05, 0.1) is 22.8 Å². The summed E-state index contributed by atoms with van der Waals surface area (Å²) in [4.78, 5) is 37.9. The van der Waals surface area contributed by atoms with Gasteiger partial charge in [0.15, 0.2) is 5.52 Å². The topological polar surface area (TPSA) is 143 Å². The third kappa shape index (κ3) is 8.40. The standard InChI is InChI=1S/C33H49N7O6S/c1-5-7-27-30-31(38(4)36-27)33(42)35-32(34-30)26-23-25(9-10-28(26)45-21-6-2)47(43,44)40-14-12-24(13-15-40)8-11-29(41)46-22-20-39-18-16-37(3)17-19-39/h9-10,23-24H,5-8,11-22H2,1-4H3,(H,34,35,42). The summed E-state index contributed by atoms with van der Waals surface area (Å²) in [5.41, 5.74) is 1.66. The Balaban J connectivity index is 1.24. The van der Waals surface area contributed by atoms with Crippen molar-refractivity contribution in [2.75, 3.05) is 66.1 Å². The van der Waals surface area contributed by atoms with E-state index in [1.807, 2.05) is 13.8 Å². The quantitative estimate of drug-likeness (QED) is 0.254. The molecule has 0 aliphatic carbocycles. The lowest BCUT2D eigenvalue weighted by atomic mass is 9.93. The molecule has 0 atom stereocenters. The van der Waals surface area contributed by atoms with Crippen LogP contribution in [0.4, 0.5) is 0 Å². The first kappa shape index (κ1) is 35.0. The number of hydrogen-bond acceptors (Lipinski definition) is 10. The Kier molecular flexibility index (Phi) is 11.7. The SMILES string of the molecule is CCCOc1ccc(S(=O)(=O)N2CCC(CCC(=O)OCCN3CCN(C)CC3)CC2)cc1-c1nc2c(CCC)nn(C)c2c(=O)[nH]1. The highest BCUT2D eigenvalue weighted by Gasteiger charge is 2.31. The van der Waals surface area contributed by atoms with Crippen LogP contribution < -0.4 is 10.3 Å². The molecule has 0 amide bonds. The van der Waals surface area contributed by atoms with Gasteiger partial charge in [0, 0.05) is 59.3 Å². The average molecular weight is 672 g/mol. The fourth-order valence-electron chi connectivity index (χ4n) is 6.31. The third-order valence-electron chi connectivity index (χ3n) is 9.15. The van der Waals surface area contributed by atoms with Crippen LogP contribution in [0.2, 0.25) is 0 Å². The molecular formula is C33H49N7O6S. The normalized spacial score (nSPS) is 17.4. The molecule has 2 fully saturated rings. The first-order chi connectivity index (χ1) is 22.6.